The molecule has 0 aliphatic rings. The van der Waals surface area contributed by atoms with Crippen LogP contribution >= 0.6 is 0 Å². The number of rotatable bonds is 4. The monoisotopic (exact) mass is 245 g/mol. The average molecular weight is 245 g/mol. The minimum absolute atomic E-state index is 0.119. The van der Waals surface area contributed by atoms with Gasteiger partial charge in [0, 0.05) is 12.4 Å². The van der Waals surface area contributed by atoms with Gasteiger partial charge in [0.2, 0.25) is 0 Å². The van der Waals surface area contributed by atoms with Crippen molar-refractivity contribution < 1.29 is 14.3 Å². The number of hydrogen-bond donors (Lipinski definition) is 1. The van der Waals surface area contributed by atoms with E-state index in [0.29, 0.717) is 11.1 Å². The van der Waals surface area contributed by atoms with Crippen LogP contribution in [0.15, 0.2) is 48.8 Å². The number of aliphatic carboxylic acids is 1. The Morgan fingerprint density at radius 1 is 1.28 bits per heavy atom. The molecular formula is C14H12FNO2. The molecule has 0 saturated heterocycles. The smallest absolute Gasteiger partial charge is 0.311 e. The van der Waals surface area contributed by atoms with Gasteiger partial charge in [-0.3, -0.25) is 9.78 Å². The third-order valence-corrected chi connectivity index (χ3v) is 2.77. The van der Waals surface area contributed by atoms with Crippen LogP contribution in [0.1, 0.15) is 17.0 Å². The SMILES string of the molecule is O=C(O)C(Cc1ccccc1F)c1cccnc1. The lowest BCUT2D eigenvalue weighted by Gasteiger charge is -2.12. The molecule has 1 N–H and O–H groups in total. The second-order valence-electron chi connectivity index (χ2n) is 3.97. The molecule has 0 aliphatic heterocycles. The van der Waals surface area contributed by atoms with Crippen LogP contribution in [0.25, 0.3) is 0 Å². The lowest BCUT2D eigenvalue weighted by atomic mass is 9.93. The summed E-state index contributed by atoms with van der Waals surface area (Å²) in [5.41, 5.74) is 0.974. The molecule has 0 spiro atoms. The van der Waals surface area contributed by atoms with E-state index < -0.39 is 11.9 Å². The number of carbonyl (C=O) groups is 1. The Hall–Kier alpha value is -2.23. The van der Waals surface area contributed by atoms with Gasteiger partial charge in [-0.15, -0.1) is 0 Å². The van der Waals surface area contributed by atoms with E-state index in [9.17, 15) is 14.3 Å². The predicted molar refractivity (Wildman–Crippen MR) is 64.7 cm³/mol. The first-order valence-electron chi connectivity index (χ1n) is 5.54. The zero-order chi connectivity index (χ0) is 13.0. The predicted octanol–water partition coefficient (Wildman–Crippen LogP) is 2.63. The van der Waals surface area contributed by atoms with Crippen molar-refractivity contribution in [2.75, 3.05) is 0 Å². The molecule has 4 heteroatoms. The maximum Gasteiger partial charge on any atom is 0.311 e. The van der Waals surface area contributed by atoms with Gasteiger partial charge in [0.1, 0.15) is 5.82 Å². The highest BCUT2D eigenvalue weighted by Gasteiger charge is 2.21. The fourth-order valence-electron chi connectivity index (χ4n) is 1.81. The number of carboxylic acid groups (broad SMARTS) is 1. The molecule has 1 atom stereocenters. The van der Waals surface area contributed by atoms with Crippen LogP contribution in [0.5, 0.6) is 0 Å². The minimum atomic E-state index is -0.980. The van der Waals surface area contributed by atoms with Crippen LogP contribution in [-0.4, -0.2) is 16.1 Å². The van der Waals surface area contributed by atoms with Crippen molar-refractivity contribution in [1.82, 2.24) is 4.98 Å². The van der Waals surface area contributed by atoms with Crippen LogP contribution in [0, 0.1) is 5.82 Å². The summed E-state index contributed by atoms with van der Waals surface area (Å²) >= 11 is 0. The molecule has 18 heavy (non-hydrogen) atoms. The molecule has 0 aliphatic carbocycles. The third-order valence-electron chi connectivity index (χ3n) is 2.77. The van der Waals surface area contributed by atoms with Crippen LogP contribution in [-0.2, 0) is 11.2 Å². The van der Waals surface area contributed by atoms with Gasteiger partial charge in [0.15, 0.2) is 0 Å². The van der Waals surface area contributed by atoms with Gasteiger partial charge in [-0.25, -0.2) is 4.39 Å². The first-order chi connectivity index (χ1) is 8.68. The standard InChI is InChI=1S/C14H12FNO2/c15-13-6-2-1-4-10(13)8-12(14(17)18)11-5-3-7-16-9-11/h1-7,9,12H,8H2,(H,17,18). The topological polar surface area (TPSA) is 50.2 Å². The molecule has 0 saturated carbocycles. The number of aromatic nitrogens is 1. The highest BCUT2D eigenvalue weighted by molar-refractivity contribution is 5.76. The molecular weight excluding hydrogens is 233 g/mol. The normalized spacial score (nSPS) is 12.1. The summed E-state index contributed by atoms with van der Waals surface area (Å²) in [7, 11) is 0. The van der Waals surface area contributed by atoms with Crippen LogP contribution in [0.4, 0.5) is 4.39 Å². The number of halogens is 1. The Bertz CT molecular complexity index is 543. The summed E-state index contributed by atoms with van der Waals surface area (Å²) in [6.45, 7) is 0. The summed E-state index contributed by atoms with van der Waals surface area (Å²) in [5, 5.41) is 9.23. The minimum Gasteiger partial charge on any atom is -0.481 e. The number of carboxylic acids is 1. The van der Waals surface area contributed by atoms with E-state index in [1.165, 1.54) is 12.3 Å². The summed E-state index contributed by atoms with van der Waals surface area (Å²) in [5.74, 6) is -2.14. The number of hydrogen-bond acceptors (Lipinski definition) is 2. The molecule has 2 rings (SSSR count). The molecule has 1 unspecified atom stereocenters. The van der Waals surface area contributed by atoms with Crippen molar-refractivity contribution >= 4 is 5.97 Å². The molecule has 1 aromatic carbocycles. The van der Waals surface area contributed by atoms with E-state index in [1.807, 2.05) is 0 Å². The maximum absolute atomic E-state index is 13.5. The van der Waals surface area contributed by atoms with Gasteiger partial charge in [-0.1, -0.05) is 24.3 Å². The molecule has 0 bridgehead atoms. The van der Waals surface area contributed by atoms with Gasteiger partial charge in [-0.05, 0) is 29.7 Å². The van der Waals surface area contributed by atoms with Gasteiger partial charge in [0.25, 0.3) is 0 Å². The first-order valence-corrected chi connectivity index (χ1v) is 5.54. The van der Waals surface area contributed by atoms with E-state index in [1.54, 1.807) is 36.5 Å². The van der Waals surface area contributed by atoms with Crippen molar-refractivity contribution in [3.05, 3.63) is 65.7 Å². The lowest BCUT2D eigenvalue weighted by Crippen LogP contribution is -2.15. The summed E-state index contributed by atoms with van der Waals surface area (Å²) in [4.78, 5) is 15.2. The maximum atomic E-state index is 13.5. The Morgan fingerprint density at radius 3 is 2.67 bits per heavy atom. The van der Waals surface area contributed by atoms with Crippen LogP contribution in [0.3, 0.4) is 0 Å². The molecule has 1 aromatic heterocycles. The molecule has 0 fully saturated rings. The van der Waals surface area contributed by atoms with Gasteiger partial charge >= 0.3 is 5.97 Å². The molecule has 1 heterocycles. The number of nitrogens with zero attached hydrogens (tertiary/aromatic N) is 1. The van der Waals surface area contributed by atoms with E-state index >= 15 is 0 Å². The molecule has 0 amide bonds. The number of pyridine rings is 1. The van der Waals surface area contributed by atoms with Crippen LogP contribution < -0.4 is 0 Å². The zero-order valence-corrected chi connectivity index (χ0v) is 9.58. The van der Waals surface area contributed by atoms with Crippen molar-refractivity contribution in [1.29, 1.82) is 0 Å². The second kappa shape index (κ2) is 5.40. The van der Waals surface area contributed by atoms with E-state index in [2.05, 4.69) is 4.98 Å². The van der Waals surface area contributed by atoms with Crippen molar-refractivity contribution in [2.45, 2.75) is 12.3 Å². The van der Waals surface area contributed by atoms with E-state index in [4.69, 9.17) is 0 Å². The second-order valence-corrected chi connectivity index (χ2v) is 3.97. The summed E-state index contributed by atoms with van der Waals surface area (Å²) in [6, 6.07) is 9.57. The Kier molecular flexibility index (Phi) is 3.67. The lowest BCUT2D eigenvalue weighted by molar-refractivity contribution is -0.138. The molecule has 0 radical (unpaired) electrons. The van der Waals surface area contributed by atoms with Crippen LogP contribution in [0.2, 0.25) is 0 Å². The van der Waals surface area contributed by atoms with Crippen molar-refractivity contribution in [2.24, 2.45) is 0 Å². The molecule has 3 nitrogen and oxygen atoms in total. The van der Waals surface area contributed by atoms with Gasteiger partial charge in [-0.2, -0.15) is 0 Å². The van der Waals surface area contributed by atoms with Gasteiger partial charge < -0.3 is 5.11 Å². The highest BCUT2D eigenvalue weighted by Crippen LogP contribution is 2.22. The Balaban J connectivity index is 2.28. The summed E-state index contributed by atoms with van der Waals surface area (Å²) < 4.78 is 13.5. The third kappa shape index (κ3) is 2.71. The fourth-order valence-corrected chi connectivity index (χ4v) is 1.81. The Morgan fingerprint density at radius 2 is 2.06 bits per heavy atom. The largest absolute Gasteiger partial charge is 0.481 e. The van der Waals surface area contributed by atoms with Crippen molar-refractivity contribution in [3.8, 4) is 0 Å². The quantitative estimate of drug-likeness (QED) is 0.900. The average Bonchev–Trinajstić information content (AvgIpc) is 2.38. The number of benzene rings is 1. The van der Waals surface area contributed by atoms with E-state index in [-0.39, 0.29) is 12.2 Å². The first kappa shape index (κ1) is 12.2. The molecule has 2 aromatic rings. The summed E-state index contributed by atoms with van der Waals surface area (Å²) in [6.07, 6.45) is 3.19. The van der Waals surface area contributed by atoms with E-state index in [0.717, 1.165) is 0 Å². The fraction of sp³-hybridized carbons (Fsp3) is 0.143. The Labute approximate surface area is 104 Å². The molecule has 92 valence electrons. The van der Waals surface area contributed by atoms with Gasteiger partial charge in [0.05, 0.1) is 5.92 Å². The van der Waals surface area contributed by atoms with Crippen molar-refractivity contribution in [3.63, 3.8) is 0 Å². The highest BCUT2D eigenvalue weighted by atomic mass is 19.1. The zero-order valence-electron chi connectivity index (χ0n) is 9.58.